The Balaban J connectivity index is 1.86. The number of anilines is 2. The first-order valence-electron chi connectivity index (χ1n) is 7.14. The molecule has 118 valence electrons. The summed E-state index contributed by atoms with van der Waals surface area (Å²) in [5, 5.41) is 2.57. The summed E-state index contributed by atoms with van der Waals surface area (Å²) < 4.78 is 5.51. The van der Waals surface area contributed by atoms with E-state index in [1.54, 1.807) is 29.2 Å². The number of nitrogens with zero attached hydrogens (tertiary/aromatic N) is 1. The second kappa shape index (κ2) is 6.42. The third-order valence-electron chi connectivity index (χ3n) is 3.73. The van der Waals surface area contributed by atoms with Crippen LogP contribution in [-0.4, -0.2) is 25.7 Å². The van der Waals surface area contributed by atoms with Gasteiger partial charge in [-0.25, -0.2) is 4.79 Å². The molecule has 0 fully saturated rings. The van der Waals surface area contributed by atoms with Crippen molar-refractivity contribution < 1.29 is 14.3 Å². The van der Waals surface area contributed by atoms with Crippen LogP contribution in [0.3, 0.4) is 0 Å². The molecule has 0 unspecified atom stereocenters. The van der Waals surface area contributed by atoms with Gasteiger partial charge in [0.1, 0.15) is 0 Å². The highest BCUT2D eigenvalue weighted by atomic mass is 79.9. The Kier molecular flexibility index (Phi) is 4.34. The quantitative estimate of drug-likeness (QED) is 0.868. The highest BCUT2D eigenvalue weighted by Gasteiger charge is 2.25. The molecule has 5 nitrogen and oxygen atoms in total. The molecule has 2 aromatic carbocycles. The van der Waals surface area contributed by atoms with Gasteiger partial charge in [0.05, 0.1) is 7.11 Å². The van der Waals surface area contributed by atoms with Crippen LogP contribution in [0.5, 0.6) is 0 Å². The number of benzene rings is 2. The molecular weight excluding hydrogens is 360 g/mol. The number of nitrogens with one attached hydrogen (secondary N) is 1. The van der Waals surface area contributed by atoms with Crippen molar-refractivity contribution in [3.8, 4) is 0 Å². The summed E-state index contributed by atoms with van der Waals surface area (Å²) in [4.78, 5) is 25.8. The van der Waals surface area contributed by atoms with E-state index in [9.17, 15) is 9.59 Å². The molecule has 23 heavy (non-hydrogen) atoms. The molecule has 0 atom stereocenters. The number of halogens is 1. The molecule has 2 aromatic rings. The number of hydrogen-bond donors (Lipinski definition) is 1. The normalized spacial score (nSPS) is 12.7. The molecule has 1 heterocycles. The lowest BCUT2D eigenvalue weighted by Crippen LogP contribution is -2.29. The molecular formula is C17H15BrN2O3. The minimum Gasteiger partial charge on any atom is -0.453 e. The highest BCUT2D eigenvalue weighted by Crippen LogP contribution is 2.32. The van der Waals surface area contributed by atoms with Crippen molar-refractivity contribution in [3.63, 3.8) is 0 Å². The van der Waals surface area contributed by atoms with Crippen LogP contribution < -0.4 is 10.2 Å². The summed E-state index contributed by atoms with van der Waals surface area (Å²) in [5.74, 6) is -0.0876. The molecule has 1 aliphatic heterocycles. The van der Waals surface area contributed by atoms with E-state index < -0.39 is 6.09 Å². The van der Waals surface area contributed by atoms with Gasteiger partial charge in [-0.3, -0.25) is 10.1 Å². The fraction of sp³-hybridized carbons (Fsp3) is 0.176. The van der Waals surface area contributed by atoms with Crippen LogP contribution in [0.2, 0.25) is 0 Å². The number of carbonyl (C=O) groups is 2. The zero-order valence-corrected chi connectivity index (χ0v) is 14.1. The average molecular weight is 375 g/mol. The summed E-state index contributed by atoms with van der Waals surface area (Å²) >= 11 is 3.45. The van der Waals surface area contributed by atoms with Crippen molar-refractivity contribution in [1.82, 2.24) is 0 Å². The maximum absolute atomic E-state index is 12.8. The average Bonchev–Trinajstić information content (AvgIpc) is 2.97. The molecule has 0 spiro atoms. The maximum Gasteiger partial charge on any atom is 0.411 e. The SMILES string of the molecule is COC(=O)Nc1cccc(C(=O)N2CCc3ccc(Br)cc32)c1. The second-order valence-electron chi connectivity index (χ2n) is 5.18. The molecule has 0 aromatic heterocycles. The van der Waals surface area contributed by atoms with Gasteiger partial charge in [0, 0.05) is 28.0 Å². The van der Waals surface area contributed by atoms with Gasteiger partial charge in [0.25, 0.3) is 5.91 Å². The fourth-order valence-corrected chi connectivity index (χ4v) is 2.97. The van der Waals surface area contributed by atoms with Crippen molar-refractivity contribution >= 4 is 39.3 Å². The molecule has 3 rings (SSSR count). The van der Waals surface area contributed by atoms with Crippen molar-refractivity contribution in [2.24, 2.45) is 0 Å². The Morgan fingerprint density at radius 2 is 2.04 bits per heavy atom. The molecule has 1 aliphatic rings. The van der Waals surface area contributed by atoms with E-state index in [0.717, 1.165) is 22.1 Å². The molecule has 1 N–H and O–H groups in total. The third kappa shape index (κ3) is 3.22. The lowest BCUT2D eigenvalue weighted by Gasteiger charge is -2.18. The number of methoxy groups -OCH3 is 1. The van der Waals surface area contributed by atoms with E-state index in [2.05, 4.69) is 26.0 Å². The summed E-state index contributed by atoms with van der Waals surface area (Å²) in [6.45, 7) is 0.652. The van der Waals surface area contributed by atoms with Crippen molar-refractivity contribution in [2.75, 3.05) is 23.9 Å². The van der Waals surface area contributed by atoms with Gasteiger partial charge in [-0.05, 0) is 42.3 Å². The number of carbonyl (C=O) groups excluding carboxylic acids is 2. The fourth-order valence-electron chi connectivity index (χ4n) is 2.62. The monoisotopic (exact) mass is 374 g/mol. The number of hydrogen-bond acceptors (Lipinski definition) is 3. The lowest BCUT2D eigenvalue weighted by molar-refractivity contribution is 0.0989. The lowest BCUT2D eigenvalue weighted by atomic mass is 10.1. The first-order chi connectivity index (χ1) is 11.1. The summed E-state index contributed by atoms with van der Waals surface area (Å²) in [7, 11) is 1.30. The first-order valence-corrected chi connectivity index (χ1v) is 7.93. The Labute approximate surface area is 142 Å². The molecule has 0 aliphatic carbocycles. The number of amides is 2. The highest BCUT2D eigenvalue weighted by molar-refractivity contribution is 9.10. The van der Waals surface area contributed by atoms with Gasteiger partial charge >= 0.3 is 6.09 Å². The minimum absolute atomic E-state index is 0.0876. The number of rotatable bonds is 2. The number of ether oxygens (including phenoxy) is 1. The molecule has 0 radical (unpaired) electrons. The van der Waals surface area contributed by atoms with Crippen molar-refractivity contribution in [3.05, 3.63) is 58.1 Å². The molecule has 6 heteroatoms. The van der Waals surface area contributed by atoms with Crippen LogP contribution in [0.1, 0.15) is 15.9 Å². The van der Waals surface area contributed by atoms with E-state index in [4.69, 9.17) is 0 Å². The standard InChI is InChI=1S/C17H15BrN2O3/c1-23-17(22)19-14-4-2-3-12(9-14)16(21)20-8-7-11-5-6-13(18)10-15(11)20/h2-6,9-10H,7-8H2,1H3,(H,19,22). The third-order valence-corrected chi connectivity index (χ3v) is 4.22. The zero-order valence-electron chi connectivity index (χ0n) is 12.5. The maximum atomic E-state index is 12.8. The van der Waals surface area contributed by atoms with Crippen LogP contribution in [0.25, 0.3) is 0 Å². The Bertz CT molecular complexity index is 776. The van der Waals surface area contributed by atoms with Crippen LogP contribution in [0, 0.1) is 0 Å². The van der Waals surface area contributed by atoms with Gasteiger partial charge in [0.2, 0.25) is 0 Å². The van der Waals surface area contributed by atoms with E-state index in [-0.39, 0.29) is 5.91 Å². The Morgan fingerprint density at radius 3 is 2.83 bits per heavy atom. The second-order valence-corrected chi connectivity index (χ2v) is 6.09. The van der Waals surface area contributed by atoms with Crippen molar-refractivity contribution in [2.45, 2.75) is 6.42 Å². The summed E-state index contributed by atoms with van der Waals surface area (Å²) in [5.41, 5.74) is 3.13. The van der Waals surface area contributed by atoms with Crippen molar-refractivity contribution in [1.29, 1.82) is 0 Å². The van der Waals surface area contributed by atoms with E-state index >= 15 is 0 Å². The molecule has 0 saturated carbocycles. The molecule has 2 amide bonds. The predicted molar refractivity (Wildman–Crippen MR) is 92.0 cm³/mol. The van der Waals surface area contributed by atoms with Crippen LogP contribution in [0.15, 0.2) is 46.9 Å². The van der Waals surface area contributed by atoms with E-state index in [1.807, 2.05) is 18.2 Å². The number of fused-ring (bicyclic) bond motifs is 1. The Hall–Kier alpha value is -2.34. The van der Waals surface area contributed by atoms with E-state index in [1.165, 1.54) is 7.11 Å². The van der Waals surface area contributed by atoms with Crippen LogP contribution in [0.4, 0.5) is 16.2 Å². The topological polar surface area (TPSA) is 58.6 Å². The smallest absolute Gasteiger partial charge is 0.411 e. The van der Waals surface area contributed by atoms with Gasteiger partial charge in [-0.2, -0.15) is 0 Å². The van der Waals surface area contributed by atoms with Crippen LogP contribution in [-0.2, 0) is 11.2 Å². The van der Waals surface area contributed by atoms with Gasteiger partial charge in [-0.1, -0.05) is 28.1 Å². The minimum atomic E-state index is -0.565. The summed E-state index contributed by atoms with van der Waals surface area (Å²) in [6, 6.07) is 12.8. The van der Waals surface area contributed by atoms with E-state index in [0.29, 0.717) is 17.8 Å². The predicted octanol–water partition coefficient (Wildman–Crippen LogP) is 3.83. The zero-order chi connectivity index (χ0) is 16.4. The first kappa shape index (κ1) is 15.6. The molecule has 0 saturated heterocycles. The molecule has 0 bridgehead atoms. The Morgan fingerprint density at radius 1 is 1.22 bits per heavy atom. The largest absolute Gasteiger partial charge is 0.453 e. The van der Waals surface area contributed by atoms with Gasteiger partial charge < -0.3 is 9.64 Å². The van der Waals surface area contributed by atoms with Crippen LogP contribution >= 0.6 is 15.9 Å². The van der Waals surface area contributed by atoms with Gasteiger partial charge in [-0.15, -0.1) is 0 Å². The summed E-state index contributed by atoms with van der Waals surface area (Å²) in [6.07, 6.45) is 0.277. The van der Waals surface area contributed by atoms with Gasteiger partial charge in [0.15, 0.2) is 0 Å².